The van der Waals surface area contributed by atoms with Crippen molar-refractivity contribution in [2.75, 3.05) is 17.3 Å². The van der Waals surface area contributed by atoms with Gasteiger partial charge in [0.05, 0.1) is 0 Å². The highest BCUT2D eigenvalue weighted by Gasteiger charge is 2.44. The summed E-state index contributed by atoms with van der Waals surface area (Å²) in [6, 6.07) is 7.41. The Labute approximate surface area is 129 Å². The zero-order valence-corrected chi connectivity index (χ0v) is 12.7. The zero-order valence-electron chi connectivity index (χ0n) is 12.7. The predicted octanol–water partition coefficient (Wildman–Crippen LogP) is 2.58. The Balaban J connectivity index is 1.87. The summed E-state index contributed by atoms with van der Waals surface area (Å²) in [6.45, 7) is 0. The molecule has 1 amide bonds. The standard InChI is InChI=1S/C16H21N5O/c1-21(14-8-12-18-20-14)16(9-4-2-5-10-16)15(22)19-13-7-3-6-11-17-13/h3,6-8,11-12H,2,4-5,9-10H2,1H3,(H,18,20)(H,17,19,22). The molecule has 1 aliphatic rings. The van der Waals surface area contributed by atoms with Gasteiger partial charge >= 0.3 is 0 Å². The monoisotopic (exact) mass is 299 g/mol. The predicted molar refractivity (Wildman–Crippen MR) is 85.7 cm³/mol. The van der Waals surface area contributed by atoms with Crippen molar-refractivity contribution in [3.63, 3.8) is 0 Å². The molecule has 116 valence electrons. The average Bonchev–Trinajstić information content (AvgIpc) is 3.10. The molecule has 3 rings (SSSR count). The summed E-state index contributed by atoms with van der Waals surface area (Å²) in [4.78, 5) is 19.2. The van der Waals surface area contributed by atoms with Gasteiger partial charge in [-0.05, 0) is 25.0 Å². The van der Waals surface area contributed by atoms with Crippen molar-refractivity contribution in [3.8, 4) is 0 Å². The lowest BCUT2D eigenvalue weighted by molar-refractivity contribution is -0.122. The molecule has 22 heavy (non-hydrogen) atoms. The molecule has 0 spiro atoms. The maximum atomic E-state index is 13.0. The van der Waals surface area contributed by atoms with E-state index in [9.17, 15) is 4.79 Å². The molecule has 2 aromatic heterocycles. The van der Waals surface area contributed by atoms with E-state index >= 15 is 0 Å². The van der Waals surface area contributed by atoms with E-state index in [1.807, 2.05) is 36.2 Å². The number of likely N-dealkylation sites (N-methyl/N-ethyl adjacent to an activating group) is 1. The molecule has 2 aromatic rings. The van der Waals surface area contributed by atoms with Crippen LogP contribution in [0.4, 0.5) is 11.6 Å². The van der Waals surface area contributed by atoms with Gasteiger partial charge in [0.15, 0.2) is 5.82 Å². The van der Waals surface area contributed by atoms with Gasteiger partial charge in [0.2, 0.25) is 0 Å². The number of aromatic amines is 1. The summed E-state index contributed by atoms with van der Waals surface area (Å²) in [6.07, 6.45) is 8.38. The smallest absolute Gasteiger partial charge is 0.251 e. The van der Waals surface area contributed by atoms with Crippen molar-refractivity contribution in [3.05, 3.63) is 36.7 Å². The molecule has 1 aliphatic carbocycles. The van der Waals surface area contributed by atoms with Crippen LogP contribution >= 0.6 is 0 Å². The number of anilines is 2. The summed E-state index contributed by atoms with van der Waals surface area (Å²) in [7, 11) is 1.94. The number of hydrogen-bond acceptors (Lipinski definition) is 4. The second-order valence-corrected chi connectivity index (χ2v) is 5.75. The number of H-pyrrole nitrogens is 1. The van der Waals surface area contributed by atoms with Crippen molar-refractivity contribution < 1.29 is 4.79 Å². The normalized spacial score (nSPS) is 17.0. The van der Waals surface area contributed by atoms with E-state index in [-0.39, 0.29) is 5.91 Å². The first-order chi connectivity index (χ1) is 10.7. The number of nitrogens with one attached hydrogen (secondary N) is 2. The van der Waals surface area contributed by atoms with Crippen LogP contribution in [0.1, 0.15) is 32.1 Å². The third-order valence-electron chi connectivity index (χ3n) is 4.48. The van der Waals surface area contributed by atoms with Crippen LogP contribution < -0.4 is 10.2 Å². The van der Waals surface area contributed by atoms with Gasteiger partial charge in [-0.25, -0.2) is 4.98 Å². The summed E-state index contributed by atoms with van der Waals surface area (Å²) >= 11 is 0. The number of carbonyl (C=O) groups is 1. The highest BCUT2D eigenvalue weighted by atomic mass is 16.2. The Morgan fingerprint density at radius 1 is 1.27 bits per heavy atom. The first kappa shape index (κ1) is 14.6. The van der Waals surface area contributed by atoms with Gasteiger partial charge in [0, 0.05) is 25.5 Å². The highest BCUT2D eigenvalue weighted by Crippen LogP contribution is 2.36. The van der Waals surface area contributed by atoms with E-state index in [1.54, 1.807) is 12.4 Å². The van der Waals surface area contributed by atoms with Crippen LogP contribution in [-0.4, -0.2) is 33.7 Å². The van der Waals surface area contributed by atoms with E-state index in [4.69, 9.17) is 0 Å². The molecular weight excluding hydrogens is 278 g/mol. The van der Waals surface area contributed by atoms with Crippen molar-refractivity contribution in [1.82, 2.24) is 15.2 Å². The Morgan fingerprint density at radius 3 is 2.73 bits per heavy atom. The minimum atomic E-state index is -0.565. The fourth-order valence-corrected chi connectivity index (χ4v) is 3.18. The van der Waals surface area contributed by atoms with Crippen LogP contribution in [-0.2, 0) is 4.79 Å². The molecule has 0 unspecified atom stereocenters. The van der Waals surface area contributed by atoms with Crippen LogP contribution in [0.25, 0.3) is 0 Å². The molecule has 2 heterocycles. The molecule has 0 bridgehead atoms. The Kier molecular flexibility index (Phi) is 4.09. The van der Waals surface area contributed by atoms with E-state index in [0.717, 1.165) is 31.5 Å². The van der Waals surface area contributed by atoms with Gasteiger partial charge in [-0.1, -0.05) is 25.3 Å². The van der Waals surface area contributed by atoms with Crippen LogP contribution in [0.3, 0.4) is 0 Å². The van der Waals surface area contributed by atoms with Crippen LogP contribution in [0.15, 0.2) is 36.7 Å². The Hall–Kier alpha value is -2.37. The molecule has 0 aliphatic heterocycles. The number of nitrogens with zero attached hydrogens (tertiary/aromatic N) is 3. The fraction of sp³-hybridized carbons (Fsp3) is 0.438. The molecule has 2 N–H and O–H groups in total. The van der Waals surface area contributed by atoms with E-state index in [1.165, 1.54) is 6.42 Å². The number of carbonyl (C=O) groups excluding carboxylic acids is 1. The number of pyridine rings is 1. The maximum absolute atomic E-state index is 13.0. The van der Waals surface area contributed by atoms with E-state index < -0.39 is 5.54 Å². The van der Waals surface area contributed by atoms with Crippen LogP contribution in [0.5, 0.6) is 0 Å². The highest BCUT2D eigenvalue weighted by molar-refractivity contribution is 5.99. The number of aromatic nitrogens is 3. The minimum Gasteiger partial charge on any atom is -0.344 e. The molecule has 0 radical (unpaired) electrons. The number of hydrogen-bond donors (Lipinski definition) is 2. The second kappa shape index (κ2) is 6.17. The van der Waals surface area contributed by atoms with E-state index in [2.05, 4.69) is 20.5 Å². The topological polar surface area (TPSA) is 73.9 Å². The zero-order chi connectivity index (χ0) is 15.4. The van der Waals surface area contributed by atoms with Crippen LogP contribution in [0, 0.1) is 0 Å². The number of rotatable bonds is 4. The van der Waals surface area contributed by atoms with Gasteiger partial charge in [-0.15, -0.1) is 0 Å². The lowest BCUT2D eigenvalue weighted by atomic mass is 9.79. The first-order valence-corrected chi connectivity index (χ1v) is 7.68. The molecule has 0 saturated heterocycles. The van der Waals surface area contributed by atoms with Gasteiger partial charge in [-0.3, -0.25) is 9.89 Å². The third-order valence-corrected chi connectivity index (χ3v) is 4.48. The summed E-state index contributed by atoms with van der Waals surface area (Å²) in [5, 5.41) is 10.0. The van der Waals surface area contributed by atoms with Crippen molar-refractivity contribution in [2.24, 2.45) is 0 Å². The lowest BCUT2D eigenvalue weighted by Gasteiger charge is -2.43. The fourth-order valence-electron chi connectivity index (χ4n) is 3.18. The van der Waals surface area contributed by atoms with Gasteiger partial charge in [0.25, 0.3) is 5.91 Å². The number of amides is 1. The minimum absolute atomic E-state index is 0.00333. The Morgan fingerprint density at radius 2 is 2.09 bits per heavy atom. The maximum Gasteiger partial charge on any atom is 0.251 e. The molecule has 1 saturated carbocycles. The second-order valence-electron chi connectivity index (χ2n) is 5.75. The molecule has 0 aromatic carbocycles. The van der Waals surface area contributed by atoms with E-state index in [0.29, 0.717) is 5.82 Å². The largest absolute Gasteiger partial charge is 0.344 e. The average molecular weight is 299 g/mol. The SMILES string of the molecule is CN(c1cc[nH]n1)C1(C(=O)Nc2ccccn2)CCCCC1. The molecular formula is C16H21N5O. The lowest BCUT2D eigenvalue weighted by Crippen LogP contribution is -2.57. The summed E-state index contributed by atoms with van der Waals surface area (Å²) in [5.41, 5.74) is -0.565. The molecule has 0 atom stereocenters. The molecule has 6 heteroatoms. The Bertz CT molecular complexity index is 605. The first-order valence-electron chi connectivity index (χ1n) is 7.68. The van der Waals surface area contributed by atoms with Crippen molar-refractivity contribution >= 4 is 17.5 Å². The van der Waals surface area contributed by atoms with Gasteiger partial charge in [-0.2, -0.15) is 5.10 Å². The van der Waals surface area contributed by atoms with Crippen LogP contribution in [0.2, 0.25) is 0 Å². The van der Waals surface area contributed by atoms with Crippen molar-refractivity contribution in [2.45, 2.75) is 37.6 Å². The van der Waals surface area contributed by atoms with Gasteiger partial charge < -0.3 is 10.2 Å². The third kappa shape index (κ3) is 2.68. The van der Waals surface area contributed by atoms with Crippen molar-refractivity contribution in [1.29, 1.82) is 0 Å². The summed E-state index contributed by atoms with van der Waals surface area (Å²) < 4.78 is 0. The quantitative estimate of drug-likeness (QED) is 0.910. The van der Waals surface area contributed by atoms with Gasteiger partial charge in [0.1, 0.15) is 11.4 Å². The molecule has 6 nitrogen and oxygen atoms in total. The molecule has 1 fully saturated rings. The summed E-state index contributed by atoms with van der Waals surface area (Å²) in [5.74, 6) is 1.38.